The maximum atomic E-state index is 12.1. The zero-order chi connectivity index (χ0) is 8.59. The van der Waals surface area contributed by atoms with Gasteiger partial charge in [-0.25, -0.2) is 17.6 Å². The standard InChI is InChI=1S/C6H2F4O.K/c7-2-1-3(8)6(11)5(10)4(2)9;/h1,11H;/q;+1/p-1. The predicted octanol–water partition coefficient (Wildman–Crippen LogP) is -1.68. The van der Waals surface area contributed by atoms with Crippen molar-refractivity contribution in [1.29, 1.82) is 0 Å². The van der Waals surface area contributed by atoms with Gasteiger partial charge in [-0.05, 0) is 5.75 Å². The van der Waals surface area contributed by atoms with Crippen LogP contribution in [0.15, 0.2) is 6.07 Å². The van der Waals surface area contributed by atoms with E-state index < -0.39 is 29.0 Å². The molecule has 0 fully saturated rings. The van der Waals surface area contributed by atoms with Crippen LogP contribution >= 0.6 is 0 Å². The summed E-state index contributed by atoms with van der Waals surface area (Å²) in [5, 5.41) is 10.2. The molecule has 0 saturated heterocycles. The van der Waals surface area contributed by atoms with Crippen LogP contribution in [0.3, 0.4) is 0 Å². The number of benzene rings is 1. The van der Waals surface area contributed by atoms with Crippen LogP contribution in [-0.4, -0.2) is 0 Å². The Morgan fingerprint density at radius 2 is 1.42 bits per heavy atom. The first-order valence-electron chi connectivity index (χ1n) is 2.54. The Morgan fingerprint density at radius 1 is 0.917 bits per heavy atom. The molecule has 0 aliphatic carbocycles. The van der Waals surface area contributed by atoms with E-state index >= 15 is 0 Å². The van der Waals surface area contributed by atoms with Gasteiger partial charge in [0.15, 0.2) is 17.5 Å². The minimum atomic E-state index is -2.03. The molecule has 0 N–H and O–H groups in total. The Balaban J connectivity index is 0.00000121. The van der Waals surface area contributed by atoms with Gasteiger partial charge in [0.2, 0.25) is 0 Å². The number of halogens is 4. The molecule has 0 radical (unpaired) electrons. The first kappa shape index (κ1) is 12.4. The van der Waals surface area contributed by atoms with Crippen molar-refractivity contribution in [3.05, 3.63) is 29.3 Å². The fourth-order valence-corrected chi connectivity index (χ4v) is 0.550. The van der Waals surface area contributed by atoms with Crippen LogP contribution in [0.2, 0.25) is 0 Å². The van der Waals surface area contributed by atoms with Crippen molar-refractivity contribution in [2.45, 2.75) is 0 Å². The van der Waals surface area contributed by atoms with Crippen molar-refractivity contribution in [2.24, 2.45) is 0 Å². The summed E-state index contributed by atoms with van der Waals surface area (Å²) in [6.07, 6.45) is 0. The van der Waals surface area contributed by atoms with Crippen LogP contribution < -0.4 is 56.5 Å². The third-order valence-electron chi connectivity index (χ3n) is 1.07. The number of hydrogen-bond donors (Lipinski definition) is 0. The first-order valence-corrected chi connectivity index (χ1v) is 2.54. The predicted molar refractivity (Wildman–Crippen MR) is 25.7 cm³/mol. The van der Waals surface area contributed by atoms with Crippen molar-refractivity contribution in [2.75, 3.05) is 0 Å². The maximum Gasteiger partial charge on any atom is 1.00 e. The molecule has 0 atom stereocenters. The summed E-state index contributed by atoms with van der Waals surface area (Å²) in [5.41, 5.74) is 0. The second-order valence-corrected chi connectivity index (χ2v) is 1.80. The first-order chi connectivity index (χ1) is 5.04. The van der Waals surface area contributed by atoms with Crippen LogP contribution in [0.25, 0.3) is 0 Å². The van der Waals surface area contributed by atoms with E-state index in [1.807, 2.05) is 0 Å². The summed E-state index contributed by atoms with van der Waals surface area (Å²) in [5.74, 6) is -9.08. The van der Waals surface area contributed by atoms with Crippen molar-refractivity contribution < 1.29 is 74.1 Å². The summed E-state index contributed by atoms with van der Waals surface area (Å²) in [6, 6.07) is 0.000741. The molecule has 0 bridgehead atoms. The zero-order valence-electron chi connectivity index (χ0n) is 6.00. The van der Waals surface area contributed by atoms with Gasteiger partial charge in [-0.1, -0.05) is 0 Å². The minimum Gasteiger partial charge on any atom is -0.868 e. The Bertz CT molecular complexity index is 276. The van der Waals surface area contributed by atoms with E-state index in [1.165, 1.54) is 0 Å². The summed E-state index contributed by atoms with van der Waals surface area (Å²) >= 11 is 0. The van der Waals surface area contributed by atoms with Crippen LogP contribution in [0.1, 0.15) is 0 Å². The molecule has 1 aromatic rings. The Morgan fingerprint density at radius 3 is 1.92 bits per heavy atom. The normalized spacial score (nSPS) is 9.33. The number of hydrogen-bond acceptors (Lipinski definition) is 1. The van der Waals surface area contributed by atoms with E-state index in [0.29, 0.717) is 0 Å². The van der Waals surface area contributed by atoms with Crippen LogP contribution in [0.4, 0.5) is 17.6 Å². The molecule has 6 heteroatoms. The molecule has 0 spiro atoms. The van der Waals surface area contributed by atoms with E-state index in [-0.39, 0.29) is 57.5 Å². The van der Waals surface area contributed by atoms with Gasteiger partial charge >= 0.3 is 51.4 Å². The summed E-state index contributed by atoms with van der Waals surface area (Å²) in [6.45, 7) is 0. The van der Waals surface area contributed by atoms with Gasteiger partial charge < -0.3 is 5.11 Å². The summed E-state index contributed by atoms with van der Waals surface area (Å²) < 4.78 is 48.2. The molecule has 1 nitrogen and oxygen atoms in total. The SMILES string of the molecule is [K+].[O-]c1c(F)cc(F)c(F)c1F. The average molecular weight is 204 g/mol. The fourth-order valence-electron chi connectivity index (χ4n) is 0.550. The molecule has 12 heavy (non-hydrogen) atoms. The smallest absolute Gasteiger partial charge is 0.868 e. The monoisotopic (exact) mass is 204 g/mol. The number of rotatable bonds is 0. The molecule has 0 amide bonds. The van der Waals surface area contributed by atoms with Gasteiger partial charge in [0.05, 0.1) is 0 Å². The van der Waals surface area contributed by atoms with Gasteiger partial charge in [-0.15, -0.1) is 0 Å². The molecule has 1 aromatic carbocycles. The molecule has 0 heterocycles. The van der Waals surface area contributed by atoms with E-state index in [0.717, 1.165) is 0 Å². The Labute approximate surface area is 108 Å². The van der Waals surface area contributed by atoms with E-state index in [1.54, 1.807) is 0 Å². The van der Waals surface area contributed by atoms with Gasteiger partial charge in [0, 0.05) is 6.07 Å². The van der Waals surface area contributed by atoms with Crippen molar-refractivity contribution in [3.63, 3.8) is 0 Å². The van der Waals surface area contributed by atoms with Crippen LogP contribution in [-0.2, 0) is 0 Å². The fraction of sp³-hybridized carbons (Fsp3) is 0. The van der Waals surface area contributed by atoms with Crippen molar-refractivity contribution in [1.82, 2.24) is 0 Å². The van der Waals surface area contributed by atoms with Crippen molar-refractivity contribution in [3.8, 4) is 5.75 Å². The average Bonchev–Trinajstić information content (AvgIpc) is 1.97. The van der Waals surface area contributed by atoms with E-state index in [4.69, 9.17) is 0 Å². The molecule has 0 unspecified atom stereocenters. The van der Waals surface area contributed by atoms with Gasteiger partial charge in [0.25, 0.3) is 0 Å². The van der Waals surface area contributed by atoms with Crippen molar-refractivity contribution >= 4 is 0 Å². The third kappa shape index (κ3) is 2.20. The largest absolute Gasteiger partial charge is 1.00 e. The maximum absolute atomic E-state index is 12.1. The summed E-state index contributed by atoms with van der Waals surface area (Å²) in [4.78, 5) is 0. The minimum absolute atomic E-state index is 0. The molecular weight excluding hydrogens is 203 g/mol. The Kier molecular flexibility index (Phi) is 4.71. The zero-order valence-corrected chi connectivity index (χ0v) is 9.12. The molecule has 60 valence electrons. The molecular formula is C6HF4KO. The second-order valence-electron chi connectivity index (χ2n) is 1.80. The van der Waals surface area contributed by atoms with Gasteiger partial charge in [0.1, 0.15) is 5.82 Å². The molecule has 0 aromatic heterocycles. The van der Waals surface area contributed by atoms with E-state index in [9.17, 15) is 22.7 Å². The second kappa shape index (κ2) is 4.57. The molecule has 0 aliphatic rings. The topological polar surface area (TPSA) is 23.1 Å². The third-order valence-corrected chi connectivity index (χ3v) is 1.07. The Hall–Kier alpha value is 0.376. The quantitative estimate of drug-likeness (QED) is 0.214. The van der Waals surface area contributed by atoms with E-state index in [2.05, 4.69) is 0 Å². The molecule has 0 aliphatic heterocycles. The van der Waals surface area contributed by atoms with Gasteiger partial charge in [-0.2, -0.15) is 0 Å². The molecule has 0 saturated carbocycles. The van der Waals surface area contributed by atoms with Gasteiger partial charge in [-0.3, -0.25) is 0 Å². The molecule has 1 rings (SSSR count). The van der Waals surface area contributed by atoms with Crippen LogP contribution in [0.5, 0.6) is 5.75 Å². The summed E-state index contributed by atoms with van der Waals surface area (Å²) in [7, 11) is 0. The van der Waals surface area contributed by atoms with Crippen LogP contribution in [0, 0.1) is 23.3 Å².